The Labute approximate surface area is 117 Å². The fourth-order valence-corrected chi connectivity index (χ4v) is 3.24. The number of nitrogens with zero attached hydrogens (tertiary/aromatic N) is 1. The summed E-state index contributed by atoms with van der Waals surface area (Å²) in [5.74, 6) is 0. The smallest absolute Gasteiger partial charge is 0.321 e. The zero-order chi connectivity index (χ0) is 12.4. The number of carbonyl (C=O) groups excluding carboxylic acids is 1. The van der Waals surface area contributed by atoms with Crippen LogP contribution in [0.3, 0.4) is 0 Å². The Morgan fingerprint density at radius 2 is 1.76 bits per heavy atom. The van der Waals surface area contributed by atoms with Gasteiger partial charge in [0.1, 0.15) is 0 Å². The fraction of sp³-hybridized carbons (Fsp3) is 0.364. The Kier molecular flexibility index (Phi) is 3.93. The SMILES string of the molecule is Nc1cc(Br)c(NC(=O)N2CCCC2)c(Br)c1. The molecule has 0 radical (unpaired) electrons. The molecule has 0 aromatic heterocycles. The van der Waals surface area contributed by atoms with Crippen molar-refractivity contribution in [3.05, 3.63) is 21.1 Å². The van der Waals surface area contributed by atoms with Gasteiger partial charge in [-0.2, -0.15) is 0 Å². The quantitative estimate of drug-likeness (QED) is 0.752. The zero-order valence-corrected chi connectivity index (χ0v) is 12.3. The van der Waals surface area contributed by atoms with Crippen molar-refractivity contribution in [2.45, 2.75) is 12.8 Å². The Morgan fingerprint density at radius 3 is 2.29 bits per heavy atom. The lowest BCUT2D eigenvalue weighted by Crippen LogP contribution is -2.32. The van der Waals surface area contributed by atoms with Crippen LogP contribution in [0.5, 0.6) is 0 Å². The number of anilines is 2. The van der Waals surface area contributed by atoms with E-state index in [9.17, 15) is 4.79 Å². The molecule has 6 heteroatoms. The van der Waals surface area contributed by atoms with Gasteiger partial charge in [-0.25, -0.2) is 4.79 Å². The van der Waals surface area contributed by atoms with Crippen LogP contribution in [-0.4, -0.2) is 24.0 Å². The minimum Gasteiger partial charge on any atom is -0.399 e. The van der Waals surface area contributed by atoms with Crippen molar-refractivity contribution in [2.75, 3.05) is 24.1 Å². The van der Waals surface area contributed by atoms with Crippen LogP contribution in [0.2, 0.25) is 0 Å². The number of amides is 2. The second kappa shape index (κ2) is 5.27. The van der Waals surface area contributed by atoms with Gasteiger partial charge in [0.15, 0.2) is 0 Å². The van der Waals surface area contributed by atoms with Crippen molar-refractivity contribution in [3.63, 3.8) is 0 Å². The van der Waals surface area contributed by atoms with Crippen LogP contribution < -0.4 is 11.1 Å². The lowest BCUT2D eigenvalue weighted by molar-refractivity contribution is 0.222. The van der Waals surface area contributed by atoms with Crippen molar-refractivity contribution < 1.29 is 4.79 Å². The molecule has 0 bridgehead atoms. The number of benzene rings is 1. The Morgan fingerprint density at radius 1 is 1.24 bits per heavy atom. The Hall–Kier alpha value is -0.750. The van der Waals surface area contributed by atoms with E-state index in [1.165, 1.54) is 0 Å². The molecule has 17 heavy (non-hydrogen) atoms. The summed E-state index contributed by atoms with van der Waals surface area (Å²) in [4.78, 5) is 13.8. The monoisotopic (exact) mass is 361 g/mol. The molecule has 0 saturated carbocycles. The number of hydrogen-bond acceptors (Lipinski definition) is 2. The summed E-state index contributed by atoms with van der Waals surface area (Å²) in [5.41, 5.74) is 7.06. The first-order valence-electron chi connectivity index (χ1n) is 5.38. The second-order valence-corrected chi connectivity index (χ2v) is 5.69. The third kappa shape index (κ3) is 2.93. The third-order valence-electron chi connectivity index (χ3n) is 2.69. The maximum Gasteiger partial charge on any atom is 0.321 e. The number of likely N-dealkylation sites (tertiary alicyclic amines) is 1. The van der Waals surface area contributed by atoms with Gasteiger partial charge < -0.3 is 16.0 Å². The van der Waals surface area contributed by atoms with E-state index in [-0.39, 0.29) is 6.03 Å². The first-order valence-corrected chi connectivity index (χ1v) is 6.97. The molecule has 1 heterocycles. The van der Waals surface area contributed by atoms with Gasteiger partial charge in [0.05, 0.1) is 5.69 Å². The van der Waals surface area contributed by atoms with Gasteiger partial charge in [-0.1, -0.05) is 0 Å². The summed E-state index contributed by atoms with van der Waals surface area (Å²) in [7, 11) is 0. The number of urea groups is 1. The van der Waals surface area contributed by atoms with E-state index >= 15 is 0 Å². The summed E-state index contributed by atoms with van der Waals surface area (Å²) >= 11 is 6.78. The number of nitrogens with two attached hydrogens (primary N) is 1. The average Bonchev–Trinajstić information content (AvgIpc) is 2.76. The van der Waals surface area contributed by atoms with Crippen LogP contribution in [0.1, 0.15) is 12.8 Å². The molecular formula is C11H13Br2N3O. The molecule has 92 valence electrons. The van der Waals surface area contributed by atoms with E-state index in [4.69, 9.17) is 5.73 Å². The molecule has 3 N–H and O–H groups in total. The highest BCUT2D eigenvalue weighted by molar-refractivity contribution is 9.11. The molecule has 0 aliphatic carbocycles. The summed E-state index contributed by atoms with van der Waals surface area (Å²) < 4.78 is 1.55. The number of nitrogens with one attached hydrogen (secondary N) is 1. The first kappa shape index (κ1) is 12.7. The van der Waals surface area contributed by atoms with Crippen molar-refractivity contribution in [1.82, 2.24) is 4.90 Å². The zero-order valence-electron chi connectivity index (χ0n) is 9.17. The second-order valence-electron chi connectivity index (χ2n) is 3.98. The lowest BCUT2D eigenvalue weighted by Gasteiger charge is -2.18. The molecule has 1 aliphatic rings. The van der Waals surface area contributed by atoms with Gasteiger partial charge in [-0.05, 0) is 56.8 Å². The normalized spacial score (nSPS) is 15.1. The van der Waals surface area contributed by atoms with Crippen LogP contribution in [0.15, 0.2) is 21.1 Å². The topological polar surface area (TPSA) is 58.4 Å². The molecule has 1 aromatic rings. The molecule has 1 aliphatic heterocycles. The number of hydrogen-bond donors (Lipinski definition) is 2. The van der Waals surface area contributed by atoms with Gasteiger partial charge in [0, 0.05) is 27.7 Å². The fourth-order valence-electron chi connectivity index (χ4n) is 1.82. The highest BCUT2D eigenvalue weighted by Crippen LogP contribution is 2.33. The minimum atomic E-state index is -0.0614. The predicted molar refractivity (Wildman–Crippen MR) is 76.1 cm³/mol. The molecule has 0 unspecified atom stereocenters. The summed E-state index contributed by atoms with van der Waals surface area (Å²) in [6, 6.07) is 3.48. The van der Waals surface area contributed by atoms with Gasteiger partial charge in [0.2, 0.25) is 0 Å². The number of carbonyl (C=O) groups is 1. The summed E-state index contributed by atoms with van der Waals surface area (Å²) in [6.45, 7) is 1.66. The molecule has 4 nitrogen and oxygen atoms in total. The Balaban J connectivity index is 2.15. The molecule has 0 spiro atoms. The predicted octanol–water partition coefficient (Wildman–Crippen LogP) is 3.42. The van der Waals surface area contributed by atoms with E-state index in [1.54, 1.807) is 12.1 Å². The van der Waals surface area contributed by atoms with Crippen molar-refractivity contribution in [3.8, 4) is 0 Å². The Bertz CT molecular complexity index is 421. The lowest BCUT2D eigenvalue weighted by atomic mass is 10.3. The molecule has 2 rings (SSSR count). The largest absolute Gasteiger partial charge is 0.399 e. The molecule has 2 amide bonds. The molecule has 0 atom stereocenters. The van der Waals surface area contributed by atoms with Crippen LogP contribution in [0, 0.1) is 0 Å². The van der Waals surface area contributed by atoms with Crippen LogP contribution in [0.4, 0.5) is 16.2 Å². The van der Waals surface area contributed by atoms with Gasteiger partial charge in [0.25, 0.3) is 0 Å². The molecule has 1 aromatic carbocycles. The van der Waals surface area contributed by atoms with E-state index in [0.29, 0.717) is 5.69 Å². The highest BCUT2D eigenvalue weighted by atomic mass is 79.9. The van der Waals surface area contributed by atoms with Gasteiger partial charge >= 0.3 is 6.03 Å². The van der Waals surface area contributed by atoms with Crippen LogP contribution >= 0.6 is 31.9 Å². The van der Waals surface area contributed by atoms with Crippen molar-refractivity contribution in [1.29, 1.82) is 0 Å². The summed E-state index contributed by atoms with van der Waals surface area (Å²) in [6.07, 6.45) is 2.16. The van der Waals surface area contributed by atoms with Crippen LogP contribution in [-0.2, 0) is 0 Å². The third-order valence-corrected chi connectivity index (χ3v) is 3.94. The number of nitrogen functional groups attached to an aromatic ring is 1. The van der Waals surface area contributed by atoms with E-state index in [0.717, 1.165) is 40.6 Å². The van der Waals surface area contributed by atoms with E-state index < -0.39 is 0 Å². The molecule has 1 fully saturated rings. The van der Waals surface area contributed by atoms with E-state index in [1.807, 2.05) is 4.90 Å². The van der Waals surface area contributed by atoms with Gasteiger partial charge in [-0.15, -0.1) is 0 Å². The average molecular weight is 363 g/mol. The van der Waals surface area contributed by atoms with Crippen LogP contribution in [0.25, 0.3) is 0 Å². The number of halogens is 2. The van der Waals surface area contributed by atoms with Crippen molar-refractivity contribution >= 4 is 49.3 Å². The van der Waals surface area contributed by atoms with Gasteiger partial charge in [-0.3, -0.25) is 0 Å². The maximum absolute atomic E-state index is 11.9. The highest BCUT2D eigenvalue weighted by Gasteiger charge is 2.19. The van der Waals surface area contributed by atoms with E-state index in [2.05, 4.69) is 37.2 Å². The number of rotatable bonds is 1. The molecule has 1 saturated heterocycles. The standard InChI is InChI=1S/C11H13Br2N3O/c12-8-5-7(14)6-9(13)10(8)15-11(17)16-3-1-2-4-16/h5-6H,1-4,14H2,(H,15,17). The minimum absolute atomic E-state index is 0.0614. The van der Waals surface area contributed by atoms with Crippen molar-refractivity contribution in [2.24, 2.45) is 0 Å². The molecular weight excluding hydrogens is 350 g/mol. The summed E-state index contributed by atoms with van der Waals surface area (Å²) in [5, 5.41) is 2.89. The first-order chi connectivity index (χ1) is 8.08. The maximum atomic E-state index is 11.9.